The van der Waals surface area contributed by atoms with Gasteiger partial charge in [-0.3, -0.25) is 0 Å². The van der Waals surface area contributed by atoms with E-state index >= 15 is 0 Å². The van der Waals surface area contributed by atoms with Crippen molar-refractivity contribution in [2.24, 2.45) is 12.2 Å². The van der Waals surface area contributed by atoms with Crippen molar-refractivity contribution in [3.8, 4) is 5.75 Å². The predicted molar refractivity (Wildman–Crippen MR) is 68.2 cm³/mol. The van der Waals surface area contributed by atoms with Crippen molar-refractivity contribution in [3.05, 3.63) is 35.7 Å². The number of sulfonamides is 1. The van der Waals surface area contributed by atoms with Gasteiger partial charge in [0.25, 0.3) is 15.2 Å². The van der Waals surface area contributed by atoms with Crippen LogP contribution in [0.3, 0.4) is 0 Å². The van der Waals surface area contributed by atoms with Gasteiger partial charge < -0.3 is 9.30 Å². The van der Waals surface area contributed by atoms with Crippen LogP contribution in [0, 0.1) is 0 Å². The third kappa shape index (κ3) is 2.74. The van der Waals surface area contributed by atoms with Crippen LogP contribution in [-0.4, -0.2) is 30.3 Å². The van der Waals surface area contributed by atoms with E-state index in [0.29, 0.717) is 18.0 Å². The highest BCUT2D eigenvalue weighted by molar-refractivity contribution is 7.89. The van der Waals surface area contributed by atoms with Crippen molar-refractivity contribution >= 4 is 10.0 Å². The van der Waals surface area contributed by atoms with Crippen LogP contribution in [0.15, 0.2) is 29.4 Å². The third-order valence-corrected chi connectivity index (χ3v) is 3.59. The lowest BCUT2D eigenvalue weighted by Gasteiger charge is -2.07. The van der Waals surface area contributed by atoms with Gasteiger partial charge in [-0.25, -0.2) is 13.6 Å². The molecule has 2 rings (SSSR count). The molecule has 0 saturated carbocycles. The minimum absolute atomic E-state index is 0.252. The Labute approximate surface area is 111 Å². The molecule has 102 valence electrons. The number of nitrogens with two attached hydrogens (primary N) is 1. The van der Waals surface area contributed by atoms with E-state index in [1.54, 1.807) is 14.2 Å². The number of nitrogens with zero attached hydrogens (tertiary/aromatic N) is 3. The van der Waals surface area contributed by atoms with Crippen LogP contribution in [0.5, 0.6) is 5.75 Å². The Morgan fingerprint density at radius 3 is 2.58 bits per heavy atom. The average Bonchev–Trinajstić information content (AvgIpc) is 2.71. The van der Waals surface area contributed by atoms with Gasteiger partial charge in [0.2, 0.25) is 0 Å². The van der Waals surface area contributed by atoms with Gasteiger partial charge in [0.1, 0.15) is 11.6 Å². The summed E-state index contributed by atoms with van der Waals surface area (Å²) in [5.41, 5.74) is 0.890. The van der Waals surface area contributed by atoms with E-state index in [0.717, 1.165) is 5.56 Å². The molecule has 1 aromatic carbocycles. The van der Waals surface area contributed by atoms with Crippen molar-refractivity contribution in [1.29, 1.82) is 0 Å². The van der Waals surface area contributed by atoms with E-state index in [1.165, 1.54) is 4.57 Å². The van der Waals surface area contributed by atoms with Crippen LogP contribution < -0.4 is 9.88 Å². The zero-order valence-corrected chi connectivity index (χ0v) is 11.4. The molecular formula is C11H14N4O3S. The van der Waals surface area contributed by atoms with Crippen LogP contribution in [-0.2, 0) is 23.5 Å². The number of benzene rings is 1. The lowest BCUT2D eigenvalue weighted by Crippen LogP contribution is -2.17. The van der Waals surface area contributed by atoms with Gasteiger partial charge >= 0.3 is 0 Å². The molecule has 0 saturated heterocycles. The molecule has 0 atom stereocenters. The Morgan fingerprint density at radius 2 is 2.00 bits per heavy atom. The molecule has 0 bridgehead atoms. The highest BCUT2D eigenvalue weighted by Crippen LogP contribution is 2.20. The summed E-state index contributed by atoms with van der Waals surface area (Å²) >= 11 is 0. The number of aromatic nitrogens is 3. The molecule has 19 heavy (non-hydrogen) atoms. The Balaban J connectivity index is 2.38. The Bertz CT molecular complexity index is 694. The number of ether oxygens (including phenoxy) is 1. The molecule has 7 nitrogen and oxygen atoms in total. The van der Waals surface area contributed by atoms with Gasteiger partial charge in [-0.1, -0.05) is 18.2 Å². The van der Waals surface area contributed by atoms with E-state index in [-0.39, 0.29) is 5.16 Å². The fourth-order valence-corrected chi connectivity index (χ4v) is 2.41. The van der Waals surface area contributed by atoms with E-state index in [2.05, 4.69) is 10.2 Å². The summed E-state index contributed by atoms with van der Waals surface area (Å²) in [6.45, 7) is 0. The standard InChI is InChI=1S/C11H14N4O3S/c1-15-10(13-14-11(15)19(12,16)17)7-8-5-3-4-6-9(8)18-2/h3-6H,7H2,1-2H3,(H2,12,16,17). The predicted octanol–water partition coefficient (Wildman–Crippen LogP) is 0.0619. The van der Waals surface area contributed by atoms with Crippen LogP contribution in [0.25, 0.3) is 0 Å². The van der Waals surface area contributed by atoms with Gasteiger partial charge in [0.05, 0.1) is 7.11 Å². The van der Waals surface area contributed by atoms with Gasteiger partial charge in [0, 0.05) is 19.0 Å². The van der Waals surface area contributed by atoms with Crippen LogP contribution in [0.4, 0.5) is 0 Å². The van der Waals surface area contributed by atoms with Crippen molar-refractivity contribution in [2.45, 2.75) is 11.6 Å². The first-order chi connectivity index (χ1) is 8.93. The molecule has 0 fully saturated rings. The number of rotatable bonds is 4. The van der Waals surface area contributed by atoms with Gasteiger partial charge in [-0.05, 0) is 6.07 Å². The zero-order valence-electron chi connectivity index (χ0n) is 10.6. The molecule has 1 aromatic heterocycles. The fourth-order valence-electron chi connectivity index (χ4n) is 1.77. The lowest BCUT2D eigenvalue weighted by molar-refractivity contribution is 0.410. The second-order valence-electron chi connectivity index (χ2n) is 3.99. The second kappa shape index (κ2) is 4.98. The van der Waals surface area contributed by atoms with E-state index < -0.39 is 10.0 Å². The van der Waals surface area contributed by atoms with Crippen LogP contribution >= 0.6 is 0 Å². The molecule has 0 amide bonds. The Kier molecular flexibility index (Phi) is 3.54. The second-order valence-corrected chi connectivity index (χ2v) is 5.45. The lowest BCUT2D eigenvalue weighted by atomic mass is 10.1. The number of hydrogen-bond donors (Lipinski definition) is 1. The molecule has 0 aliphatic heterocycles. The summed E-state index contributed by atoms with van der Waals surface area (Å²) in [6, 6.07) is 7.43. The summed E-state index contributed by atoms with van der Waals surface area (Å²) in [6.07, 6.45) is 0.406. The highest BCUT2D eigenvalue weighted by atomic mass is 32.2. The number of primary sulfonamides is 1. The normalized spacial score (nSPS) is 11.5. The average molecular weight is 282 g/mol. The minimum atomic E-state index is -3.86. The van der Waals surface area contributed by atoms with E-state index in [1.807, 2.05) is 24.3 Å². The molecule has 0 aliphatic rings. The molecule has 2 aromatic rings. The summed E-state index contributed by atoms with van der Waals surface area (Å²) in [5, 5.41) is 12.2. The molecule has 2 N–H and O–H groups in total. The molecule has 0 radical (unpaired) electrons. The Hall–Kier alpha value is -1.93. The topological polar surface area (TPSA) is 100 Å². The quantitative estimate of drug-likeness (QED) is 0.854. The first kappa shape index (κ1) is 13.5. The maximum Gasteiger partial charge on any atom is 0.273 e. The molecule has 1 heterocycles. The fraction of sp³-hybridized carbons (Fsp3) is 0.273. The third-order valence-electron chi connectivity index (χ3n) is 2.72. The first-order valence-corrected chi connectivity index (χ1v) is 7.01. The van der Waals surface area contributed by atoms with Crippen molar-refractivity contribution in [3.63, 3.8) is 0 Å². The van der Waals surface area contributed by atoms with Crippen LogP contribution in [0.1, 0.15) is 11.4 Å². The molecule has 0 unspecified atom stereocenters. The van der Waals surface area contributed by atoms with Gasteiger partial charge in [-0.2, -0.15) is 0 Å². The zero-order chi connectivity index (χ0) is 14.0. The monoisotopic (exact) mass is 282 g/mol. The minimum Gasteiger partial charge on any atom is -0.496 e. The van der Waals surface area contributed by atoms with Crippen molar-refractivity contribution in [1.82, 2.24) is 14.8 Å². The van der Waals surface area contributed by atoms with Gasteiger partial charge in [-0.15, -0.1) is 10.2 Å². The van der Waals surface area contributed by atoms with Crippen molar-refractivity contribution < 1.29 is 13.2 Å². The number of para-hydroxylation sites is 1. The summed E-state index contributed by atoms with van der Waals surface area (Å²) in [5.74, 6) is 1.20. The number of methoxy groups -OCH3 is 1. The maximum atomic E-state index is 11.3. The molecule has 0 spiro atoms. The van der Waals surface area contributed by atoms with Gasteiger partial charge in [0.15, 0.2) is 0 Å². The Morgan fingerprint density at radius 1 is 1.32 bits per heavy atom. The maximum absolute atomic E-state index is 11.3. The smallest absolute Gasteiger partial charge is 0.273 e. The highest BCUT2D eigenvalue weighted by Gasteiger charge is 2.19. The molecular weight excluding hydrogens is 268 g/mol. The van der Waals surface area contributed by atoms with Crippen LogP contribution in [0.2, 0.25) is 0 Å². The summed E-state index contributed by atoms with van der Waals surface area (Å²) in [4.78, 5) is 0. The van der Waals surface area contributed by atoms with E-state index in [9.17, 15) is 8.42 Å². The van der Waals surface area contributed by atoms with Crippen molar-refractivity contribution in [2.75, 3.05) is 7.11 Å². The molecule has 8 heteroatoms. The SMILES string of the molecule is COc1ccccc1Cc1nnc(S(N)(=O)=O)n1C. The summed E-state index contributed by atoms with van der Waals surface area (Å²) in [7, 11) is -0.728. The number of hydrogen-bond acceptors (Lipinski definition) is 5. The molecule has 0 aliphatic carbocycles. The first-order valence-electron chi connectivity index (χ1n) is 5.46. The van der Waals surface area contributed by atoms with E-state index in [4.69, 9.17) is 9.88 Å². The summed E-state index contributed by atoms with van der Waals surface area (Å²) < 4.78 is 29.1. The largest absolute Gasteiger partial charge is 0.496 e.